The molecular weight excluding hydrogens is 591 g/mol. The molecule has 1 saturated heterocycles. The molecule has 0 radical (unpaired) electrons. The van der Waals surface area contributed by atoms with Crippen molar-refractivity contribution in [1.29, 1.82) is 0 Å². The monoisotopic (exact) mass is 618 g/mol. The van der Waals surface area contributed by atoms with Gasteiger partial charge in [0.25, 0.3) is 0 Å². The van der Waals surface area contributed by atoms with Crippen LogP contribution in [-0.4, -0.2) is 42.8 Å². The number of nitrogen functional groups attached to an aromatic ring is 1. The second-order valence-electron chi connectivity index (χ2n) is 10.5. The Bertz CT molecular complexity index is 2010. The summed E-state index contributed by atoms with van der Waals surface area (Å²) in [6, 6.07) is 14.7. The van der Waals surface area contributed by atoms with Gasteiger partial charge >= 0.3 is 5.63 Å². The lowest BCUT2D eigenvalue weighted by Crippen LogP contribution is -2.17. The average Bonchev–Trinajstić information content (AvgIpc) is 3.73. The van der Waals surface area contributed by atoms with E-state index in [1.807, 2.05) is 25.1 Å². The number of phenols is 1. The zero-order valence-corrected chi connectivity index (χ0v) is 24.8. The van der Waals surface area contributed by atoms with Crippen molar-refractivity contribution in [3.05, 3.63) is 87.8 Å². The molecular formula is C31H28ClFN6O3S. The lowest BCUT2D eigenvalue weighted by Gasteiger charge is -2.17. The molecule has 1 fully saturated rings. The van der Waals surface area contributed by atoms with Crippen molar-refractivity contribution in [2.45, 2.75) is 32.4 Å². The molecule has 220 valence electrons. The summed E-state index contributed by atoms with van der Waals surface area (Å²) in [7, 11) is 0. The van der Waals surface area contributed by atoms with Gasteiger partial charge in [-0.2, -0.15) is 5.10 Å². The van der Waals surface area contributed by atoms with Crippen molar-refractivity contribution in [3.63, 3.8) is 0 Å². The summed E-state index contributed by atoms with van der Waals surface area (Å²) in [5.41, 5.74) is 7.64. The van der Waals surface area contributed by atoms with Gasteiger partial charge in [0.05, 0.1) is 10.8 Å². The number of hydrogen-bond acceptors (Lipinski definition) is 9. The van der Waals surface area contributed by atoms with Gasteiger partial charge in [-0.05, 0) is 63.2 Å². The fourth-order valence-corrected chi connectivity index (χ4v) is 6.93. The Hall–Kier alpha value is -4.32. The Morgan fingerprint density at radius 1 is 1.09 bits per heavy atom. The van der Waals surface area contributed by atoms with Crippen LogP contribution in [0.15, 0.2) is 70.1 Å². The quantitative estimate of drug-likeness (QED) is 0.220. The summed E-state index contributed by atoms with van der Waals surface area (Å²) in [5, 5.41) is 16.6. The minimum atomic E-state index is -0.624. The molecule has 2 aromatic carbocycles. The average molecular weight is 619 g/mol. The Morgan fingerprint density at radius 2 is 1.86 bits per heavy atom. The molecule has 0 spiro atoms. The predicted octanol–water partition coefficient (Wildman–Crippen LogP) is 6.38. The number of phenolic OH excluding ortho intramolecular Hbond substituents is 1. The van der Waals surface area contributed by atoms with Crippen molar-refractivity contribution >= 4 is 51.4 Å². The second kappa shape index (κ2) is 11.4. The topological polar surface area (TPSA) is 123 Å². The molecule has 1 unspecified atom stereocenters. The first-order valence-electron chi connectivity index (χ1n) is 13.7. The highest BCUT2D eigenvalue weighted by molar-refractivity contribution is 7.15. The highest BCUT2D eigenvalue weighted by Gasteiger charge is 2.27. The number of fused-ring (bicyclic) bond motifs is 2. The molecule has 1 aliphatic rings. The Labute approximate surface area is 255 Å². The van der Waals surface area contributed by atoms with Crippen molar-refractivity contribution < 1.29 is 13.9 Å². The summed E-state index contributed by atoms with van der Waals surface area (Å²) in [6.45, 7) is 4.95. The molecule has 1 atom stereocenters. The molecule has 9 nitrogen and oxygen atoms in total. The third-order valence-corrected chi connectivity index (χ3v) is 8.86. The zero-order chi connectivity index (χ0) is 29.0. The number of rotatable bonds is 6. The number of aromatic hydroxyl groups is 1. The van der Waals surface area contributed by atoms with E-state index in [2.05, 4.69) is 27.0 Å². The number of nitrogens with two attached hydrogens (primary N) is 1. The number of aromatic nitrogens is 4. The zero-order valence-electron chi connectivity index (χ0n) is 23.2. The molecule has 0 saturated carbocycles. The van der Waals surface area contributed by atoms with Crippen molar-refractivity contribution in [2.75, 3.05) is 18.8 Å². The van der Waals surface area contributed by atoms with E-state index in [0.717, 1.165) is 41.5 Å². The van der Waals surface area contributed by atoms with Crippen molar-refractivity contribution in [3.8, 4) is 27.4 Å². The van der Waals surface area contributed by atoms with Crippen LogP contribution in [0.1, 0.15) is 36.4 Å². The third kappa shape index (κ3) is 5.13. The fourth-order valence-electron chi connectivity index (χ4n) is 5.81. The van der Waals surface area contributed by atoms with E-state index in [1.54, 1.807) is 22.1 Å². The minimum Gasteiger partial charge on any atom is -0.508 e. The Balaban J connectivity index is 0.00000329. The molecule has 1 aliphatic heterocycles. The minimum absolute atomic E-state index is 0. The van der Waals surface area contributed by atoms with Crippen LogP contribution in [0.5, 0.6) is 5.75 Å². The van der Waals surface area contributed by atoms with Crippen LogP contribution in [0.3, 0.4) is 0 Å². The number of benzene rings is 2. The molecule has 6 aromatic rings. The molecule has 0 amide bonds. The maximum Gasteiger partial charge on any atom is 0.343 e. The van der Waals surface area contributed by atoms with E-state index in [4.69, 9.17) is 15.2 Å². The molecule has 43 heavy (non-hydrogen) atoms. The van der Waals surface area contributed by atoms with Gasteiger partial charge < -0.3 is 15.3 Å². The molecule has 3 N–H and O–H groups in total. The molecule has 5 heterocycles. The second-order valence-corrected chi connectivity index (χ2v) is 11.7. The van der Waals surface area contributed by atoms with E-state index >= 15 is 0 Å². The predicted molar refractivity (Wildman–Crippen MR) is 168 cm³/mol. The summed E-state index contributed by atoms with van der Waals surface area (Å²) in [4.78, 5) is 26.5. The molecule has 4 aromatic heterocycles. The van der Waals surface area contributed by atoms with Crippen LogP contribution in [0.25, 0.3) is 43.5 Å². The van der Waals surface area contributed by atoms with Gasteiger partial charge in [-0.25, -0.2) is 23.8 Å². The van der Waals surface area contributed by atoms with Crippen LogP contribution in [0, 0.1) is 5.82 Å². The van der Waals surface area contributed by atoms with Crippen LogP contribution in [0.2, 0.25) is 0 Å². The SMILES string of the molecule is CC(c1oc(=O)c2ccccc2c1-c1ccc(CN2CCCC2)s1)n1nc(-c2cc(O)cc(F)c2)c2c(N)ncnc21.Cl. The highest BCUT2D eigenvalue weighted by atomic mass is 35.5. The van der Waals surface area contributed by atoms with Crippen molar-refractivity contribution in [1.82, 2.24) is 24.6 Å². The van der Waals surface area contributed by atoms with E-state index < -0.39 is 17.5 Å². The van der Waals surface area contributed by atoms with E-state index in [1.165, 1.54) is 36.2 Å². The van der Waals surface area contributed by atoms with Gasteiger partial charge in [-0.15, -0.1) is 23.7 Å². The van der Waals surface area contributed by atoms with Crippen LogP contribution in [0.4, 0.5) is 10.2 Å². The number of anilines is 1. The fraction of sp³-hybridized carbons (Fsp3) is 0.226. The molecule has 0 bridgehead atoms. The number of thiophene rings is 1. The first-order chi connectivity index (χ1) is 20.4. The largest absolute Gasteiger partial charge is 0.508 e. The molecule has 7 rings (SSSR count). The van der Waals surface area contributed by atoms with Gasteiger partial charge in [0.15, 0.2) is 5.65 Å². The number of likely N-dealkylation sites (tertiary alicyclic amines) is 1. The van der Waals surface area contributed by atoms with Gasteiger partial charge in [0.2, 0.25) is 0 Å². The van der Waals surface area contributed by atoms with Crippen LogP contribution < -0.4 is 11.4 Å². The Kier molecular flexibility index (Phi) is 7.63. The first kappa shape index (κ1) is 28.8. The summed E-state index contributed by atoms with van der Waals surface area (Å²) in [5.74, 6) is -0.298. The number of nitrogens with zero attached hydrogens (tertiary/aromatic N) is 5. The lowest BCUT2D eigenvalue weighted by molar-refractivity contribution is 0.334. The van der Waals surface area contributed by atoms with E-state index in [-0.39, 0.29) is 24.0 Å². The summed E-state index contributed by atoms with van der Waals surface area (Å²) >= 11 is 1.68. The Morgan fingerprint density at radius 3 is 2.63 bits per heavy atom. The molecule has 0 aliphatic carbocycles. The van der Waals surface area contributed by atoms with E-state index in [0.29, 0.717) is 33.4 Å². The van der Waals surface area contributed by atoms with Gasteiger partial charge in [0.1, 0.15) is 41.2 Å². The standard InChI is InChI=1S/C31H27FN6O3S.ClH/c1-17(38-30-26(29(33)34-16-35-30)27(36-38)18-12-19(32)14-20(39)13-18)28-25(22-6-2-3-7-23(22)31(40)41-28)24-9-8-21(42-24)15-37-10-4-5-11-37;/h2-3,6-9,12-14,16-17,39H,4-5,10-11,15H2,1H3,(H2,33,34,35);1H. The summed E-state index contributed by atoms with van der Waals surface area (Å²) in [6.07, 6.45) is 3.77. The summed E-state index contributed by atoms with van der Waals surface area (Å²) < 4.78 is 22.0. The van der Waals surface area contributed by atoms with Crippen LogP contribution in [-0.2, 0) is 6.54 Å². The maximum absolute atomic E-state index is 14.3. The van der Waals surface area contributed by atoms with Gasteiger partial charge in [-0.3, -0.25) is 4.90 Å². The number of hydrogen-bond donors (Lipinski definition) is 2. The normalized spacial score (nSPS) is 14.4. The molecule has 12 heteroatoms. The van der Waals surface area contributed by atoms with E-state index in [9.17, 15) is 14.3 Å². The van der Waals surface area contributed by atoms with Gasteiger partial charge in [0, 0.05) is 38.9 Å². The lowest BCUT2D eigenvalue weighted by atomic mass is 10.0. The van der Waals surface area contributed by atoms with Crippen molar-refractivity contribution in [2.24, 2.45) is 0 Å². The smallest absolute Gasteiger partial charge is 0.343 e. The number of halogens is 2. The maximum atomic E-state index is 14.3. The highest BCUT2D eigenvalue weighted by Crippen LogP contribution is 2.41. The third-order valence-electron chi connectivity index (χ3n) is 7.77. The van der Waals surface area contributed by atoms with Crippen LogP contribution >= 0.6 is 23.7 Å². The first-order valence-corrected chi connectivity index (χ1v) is 14.5. The van der Waals surface area contributed by atoms with Gasteiger partial charge in [-0.1, -0.05) is 18.2 Å².